The number of nitrogens with two attached hydrogens (primary N) is 1. The normalized spacial score (nSPS) is 10.9. The van der Waals surface area contributed by atoms with Crippen molar-refractivity contribution in [2.45, 2.75) is 0 Å². The molecule has 84 valence electrons. The molecule has 0 atom stereocenters. The van der Waals surface area contributed by atoms with Gasteiger partial charge in [-0.1, -0.05) is 17.3 Å². The number of fused-ring (bicyclic) bond motifs is 1. The van der Waals surface area contributed by atoms with Gasteiger partial charge in [0.25, 0.3) is 0 Å². The zero-order chi connectivity index (χ0) is 11.8. The molecule has 0 amide bonds. The number of hydrogen-bond donors (Lipinski definition) is 1. The molecule has 4 heteroatoms. The van der Waals surface area contributed by atoms with Gasteiger partial charge in [-0.05, 0) is 30.3 Å². The summed E-state index contributed by atoms with van der Waals surface area (Å²) in [6.45, 7) is 0. The van der Waals surface area contributed by atoms with Crippen molar-refractivity contribution in [3.63, 3.8) is 0 Å². The number of nitrogen functional groups attached to an aromatic ring is 1. The predicted molar refractivity (Wildman–Crippen MR) is 63.8 cm³/mol. The lowest BCUT2D eigenvalue weighted by Crippen LogP contribution is -1.84. The van der Waals surface area contributed by atoms with Crippen molar-refractivity contribution in [2.24, 2.45) is 0 Å². The number of halogens is 1. The third kappa shape index (κ3) is 1.63. The summed E-state index contributed by atoms with van der Waals surface area (Å²) >= 11 is 0. The Bertz CT molecular complexity index is 673. The highest BCUT2D eigenvalue weighted by Gasteiger charge is 2.10. The topological polar surface area (TPSA) is 52.0 Å². The van der Waals surface area contributed by atoms with E-state index in [0.717, 1.165) is 5.56 Å². The number of aromatic nitrogens is 1. The molecule has 3 rings (SSSR count). The quantitative estimate of drug-likeness (QED) is 0.650. The van der Waals surface area contributed by atoms with Gasteiger partial charge >= 0.3 is 0 Å². The minimum absolute atomic E-state index is 0.308. The maximum atomic E-state index is 13.2. The van der Waals surface area contributed by atoms with Crippen LogP contribution in [0.15, 0.2) is 47.0 Å². The van der Waals surface area contributed by atoms with Crippen LogP contribution in [0.5, 0.6) is 0 Å². The lowest BCUT2D eigenvalue weighted by atomic mass is 10.1. The second kappa shape index (κ2) is 3.59. The second-order valence-electron chi connectivity index (χ2n) is 3.79. The van der Waals surface area contributed by atoms with Gasteiger partial charge in [0.2, 0.25) is 0 Å². The van der Waals surface area contributed by atoms with Crippen LogP contribution in [0.1, 0.15) is 0 Å². The molecule has 0 radical (unpaired) electrons. The first kappa shape index (κ1) is 9.84. The van der Waals surface area contributed by atoms with Crippen LogP contribution in [0.2, 0.25) is 0 Å². The Hall–Kier alpha value is -2.36. The van der Waals surface area contributed by atoms with Crippen molar-refractivity contribution >= 4 is 16.7 Å². The van der Waals surface area contributed by atoms with Crippen molar-refractivity contribution in [1.82, 2.24) is 5.16 Å². The third-order valence-electron chi connectivity index (χ3n) is 2.62. The Morgan fingerprint density at radius 2 is 1.82 bits per heavy atom. The van der Waals surface area contributed by atoms with E-state index in [1.54, 1.807) is 18.2 Å². The summed E-state index contributed by atoms with van der Waals surface area (Å²) in [6.07, 6.45) is 0. The second-order valence-corrected chi connectivity index (χ2v) is 3.79. The van der Waals surface area contributed by atoms with Gasteiger partial charge in [0.05, 0.1) is 5.39 Å². The summed E-state index contributed by atoms with van der Waals surface area (Å²) in [5.41, 5.74) is 8.33. The number of hydrogen-bond acceptors (Lipinski definition) is 3. The molecule has 2 aromatic carbocycles. The Kier molecular flexibility index (Phi) is 2.08. The third-order valence-corrected chi connectivity index (χ3v) is 2.62. The zero-order valence-corrected chi connectivity index (χ0v) is 8.85. The highest BCUT2D eigenvalue weighted by atomic mass is 19.1. The largest absolute Gasteiger partial charge is 0.399 e. The van der Waals surface area contributed by atoms with Crippen LogP contribution in [-0.4, -0.2) is 5.16 Å². The fraction of sp³-hybridized carbons (Fsp3) is 0. The van der Waals surface area contributed by atoms with Crippen molar-refractivity contribution in [3.05, 3.63) is 48.3 Å². The van der Waals surface area contributed by atoms with E-state index in [1.165, 1.54) is 12.1 Å². The van der Waals surface area contributed by atoms with Crippen molar-refractivity contribution < 1.29 is 8.91 Å². The highest BCUT2D eigenvalue weighted by Crippen LogP contribution is 2.28. The van der Waals surface area contributed by atoms with Crippen molar-refractivity contribution in [2.75, 3.05) is 5.73 Å². The SMILES string of the molecule is Nc1ccc(-c2noc3ccc(F)cc23)cc1. The molecule has 0 fully saturated rings. The molecular weight excluding hydrogens is 219 g/mol. The van der Waals surface area contributed by atoms with Crippen LogP contribution in [0.4, 0.5) is 10.1 Å². The van der Waals surface area contributed by atoms with E-state index in [2.05, 4.69) is 5.16 Å². The molecule has 0 unspecified atom stereocenters. The van der Waals surface area contributed by atoms with Crippen LogP contribution >= 0.6 is 0 Å². The van der Waals surface area contributed by atoms with E-state index in [1.807, 2.05) is 12.1 Å². The molecule has 0 aliphatic heterocycles. The summed E-state index contributed by atoms with van der Waals surface area (Å²) in [6, 6.07) is 11.5. The molecule has 2 N–H and O–H groups in total. The van der Waals surface area contributed by atoms with Gasteiger partial charge in [-0.15, -0.1) is 0 Å². The highest BCUT2D eigenvalue weighted by molar-refractivity contribution is 5.91. The smallest absolute Gasteiger partial charge is 0.167 e. The molecule has 0 spiro atoms. The van der Waals surface area contributed by atoms with Gasteiger partial charge in [0, 0.05) is 11.3 Å². The fourth-order valence-electron chi connectivity index (χ4n) is 1.76. The van der Waals surface area contributed by atoms with E-state index in [9.17, 15) is 4.39 Å². The Morgan fingerprint density at radius 3 is 2.59 bits per heavy atom. The molecule has 0 aliphatic rings. The molecule has 0 bridgehead atoms. The Balaban J connectivity index is 2.23. The van der Waals surface area contributed by atoms with Gasteiger partial charge in [0.15, 0.2) is 5.58 Å². The first-order valence-corrected chi connectivity index (χ1v) is 5.15. The fourth-order valence-corrected chi connectivity index (χ4v) is 1.76. The first-order chi connectivity index (χ1) is 8.24. The number of rotatable bonds is 1. The summed E-state index contributed by atoms with van der Waals surface area (Å²) in [5.74, 6) is -0.308. The Labute approximate surface area is 96.6 Å². The molecule has 17 heavy (non-hydrogen) atoms. The van der Waals surface area contributed by atoms with E-state index in [0.29, 0.717) is 22.4 Å². The van der Waals surface area contributed by atoms with E-state index >= 15 is 0 Å². The lowest BCUT2D eigenvalue weighted by molar-refractivity contribution is 0.459. The minimum atomic E-state index is -0.308. The molecule has 0 saturated heterocycles. The van der Waals surface area contributed by atoms with E-state index in [-0.39, 0.29) is 5.82 Å². The van der Waals surface area contributed by atoms with Crippen LogP contribution in [0.3, 0.4) is 0 Å². The van der Waals surface area contributed by atoms with Crippen molar-refractivity contribution in [3.8, 4) is 11.3 Å². The maximum absolute atomic E-state index is 13.2. The average Bonchev–Trinajstić information content (AvgIpc) is 2.73. The van der Waals surface area contributed by atoms with Crippen LogP contribution in [0, 0.1) is 5.82 Å². The zero-order valence-electron chi connectivity index (χ0n) is 8.85. The van der Waals surface area contributed by atoms with Gasteiger partial charge in [-0.25, -0.2) is 4.39 Å². The van der Waals surface area contributed by atoms with Crippen molar-refractivity contribution in [1.29, 1.82) is 0 Å². The van der Waals surface area contributed by atoms with E-state index in [4.69, 9.17) is 10.3 Å². The molecule has 0 saturated carbocycles. The molecular formula is C13H9FN2O. The molecule has 3 aromatic rings. The molecule has 1 aromatic heterocycles. The molecule has 0 aliphatic carbocycles. The summed E-state index contributed by atoms with van der Waals surface area (Å²) in [7, 11) is 0. The summed E-state index contributed by atoms with van der Waals surface area (Å²) in [5, 5.41) is 4.62. The van der Waals surface area contributed by atoms with E-state index < -0.39 is 0 Å². The van der Waals surface area contributed by atoms with Crippen LogP contribution < -0.4 is 5.73 Å². The minimum Gasteiger partial charge on any atom is -0.399 e. The van der Waals surface area contributed by atoms with Crippen LogP contribution in [-0.2, 0) is 0 Å². The lowest BCUT2D eigenvalue weighted by Gasteiger charge is -1.97. The van der Waals surface area contributed by atoms with Gasteiger partial charge < -0.3 is 10.3 Å². The summed E-state index contributed by atoms with van der Waals surface area (Å²) < 4.78 is 18.3. The first-order valence-electron chi connectivity index (χ1n) is 5.15. The number of nitrogens with zero attached hydrogens (tertiary/aromatic N) is 1. The monoisotopic (exact) mass is 228 g/mol. The average molecular weight is 228 g/mol. The number of anilines is 1. The van der Waals surface area contributed by atoms with Gasteiger partial charge in [-0.2, -0.15) is 0 Å². The summed E-state index contributed by atoms with van der Waals surface area (Å²) in [4.78, 5) is 0. The molecule has 1 heterocycles. The predicted octanol–water partition coefficient (Wildman–Crippen LogP) is 3.22. The molecule has 3 nitrogen and oxygen atoms in total. The maximum Gasteiger partial charge on any atom is 0.167 e. The van der Waals surface area contributed by atoms with Gasteiger partial charge in [0.1, 0.15) is 11.5 Å². The van der Waals surface area contributed by atoms with Gasteiger partial charge in [-0.3, -0.25) is 0 Å². The Morgan fingerprint density at radius 1 is 1.06 bits per heavy atom. The standard InChI is InChI=1S/C13H9FN2O/c14-9-3-6-12-11(7-9)13(16-17-12)8-1-4-10(15)5-2-8/h1-7H,15H2. The van der Waals surface area contributed by atoms with Crippen LogP contribution in [0.25, 0.3) is 22.2 Å². The number of benzene rings is 2.